The van der Waals surface area contributed by atoms with E-state index in [0.29, 0.717) is 26.4 Å². The van der Waals surface area contributed by atoms with Gasteiger partial charge in [0.2, 0.25) is 0 Å². The molecule has 8 heteroatoms. The van der Waals surface area contributed by atoms with E-state index in [1.165, 1.54) is 63.7 Å². The van der Waals surface area contributed by atoms with Crippen LogP contribution in [0.1, 0.15) is 44.9 Å². The van der Waals surface area contributed by atoms with Gasteiger partial charge in [0, 0.05) is 22.3 Å². The lowest BCUT2D eigenvalue weighted by molar-refractivity contribution is 0.284. The maximum absolute atomic E-state index is 7.59. The molecule has 0 radical (unpaired) electrons. The number of fused-ring (bicyclic) bond motifs is 6. The fourth-order valence-corrected chi connectivity index (χ4v) is 22.7. The number of hydrogen-bond acceptors (Lipinski definition) is 4. The molecule has 0 aliphatic carbocycles. The number of hydrogen-bond donors (Lipinski definition) is 0. The number of rotatable bonds is 13. The topological polar surface area (TPSA) is 36.9 Å². The van der Waals surface area contributed by atoms with E-state index in [1.54, 1.807) is 0 Å². The quantitative estimate of drug-likeness (QED) is 0.108. The third-order valence-corrected chi connectivity index (χ3v) is 26.8. The average molecular weight is 1260 g/mol. The molecule has 0 amide bonds. The van der Waals surface area contributed by atoms with E-state index in [1.807, 2.05) is 0 Å². The lowest BCUT2D eigenvalue weighted by Gasteiger charge is -2.31. The molecule has 2 heterocycles. The molecule has 0 aromatic heterocycles. The van der Waals surface area contributed by atoms with Crippen LogP contribution < -0.4 is 82.6 Å². The van der Waals surface area contributed by atoms with Gasteiger partial charge in [-0.3, -0.25) is 0 Å². The average Bonchev–Trinajstić information content (AvgIpc) is 0.923. The van der Waals surface area contributed by atoms with Crippen molar-refractivity contribution in [1.29, 1.82) is 0 Å². The SMILES string of the molecule is c1ccc(P(c2ccccc2)c2cccc3c2-c2c(cc(-c4cc5c(c(P(c6ccccc6)c6ccccc6)c4)-c4c(cccc4P(c4ccccc4)c4ccccc4)OCCCCCO5)cc2P(c2ccccc2)c2ccccc2)OCCCCCCO3)cc1. The van der Waals surface area contributed by atoms with E-state index < -0.39 is 31.7 Å². The highest BCUT2D eigenvalue weighted by Gasteiger charge is 2.35. The summed E-state index contributed by atoms with van der Waals surface area (Å²) in [6, 6.07) is 113. The molecule has 0 saturated heterocycles. The summed E-state index contributed by atoms with van der Waals surface area (Å²) in [5.74, 6) is 3.46. The summed E-state index contributed by atoms with van der Waals surface area (Å²) >= 11 is 0. The van der Waals surface area contributed by atoms with Crippen molar-refractivity contribution < 1.29 is 18.9 Å². The van der Waals surface area contributed by atoms with Gasteiger partial charge in [-0.05, 0) is 188 Å². The lowest BCUT2D eigenvalue weighted by Crippen LogP contribution is -2.27. The number of benzene rings is 12. The molecule has 0 N–H and O–H groups in total. The Balaban J connectivity index is 1.12. The van der Waals surface area contributed by atoms with Crippen LogP contribution >= 0.6 is 31.7 Å². The minimum absolute atomic E-state index is 0.561. The van der Waals surface area contributed by atoms with Crippen LogP contribution in [0.3, 0.4) is 0 Å². The summed E-state index contributed by atoms with van der Waals surface area (Å²) in [4.78, 5) is 0. The lowest BCUT2D eigenvalue weighted by atomic mass is 9.95. The van der Waals surface area contributed by atoms with Crippen LogP contribution in [0.2, 0.25) is 0 Å². The van der Waals surface area contributed by atoms with Gasteiger partial charge in [-0.2, -0.15) is 0 Å². The highest BCUT2D eigenvalue weighted by atomic mass is 31.1. The van der Waals surface area contributed by atoms with Crippen LogP contribution in [-0.2, 0) is 0 Å². The minimum Gasteiger partial charge on any atom is -0.493 e. The number of ether oxygens (including phenoxy) is 4. The van der Waals surface area contributed by atoms with Crippen molar-refractivity contribution in [1.82, 2.24) is 0 Å². The summed E-state index contributed by atoms with van der Waals surface area (Å²) in [5.41, 5.74) is 6.48. The van der Waals surface area contributed by atoms with Gasteiger partial charge in [-0.15, -0.1) is 0 Å². The predicted octanol–water partition coefficient (Wildman–Crippen LogP) is 16.0. The zero-order chi connectivity index (χ0) is 61.0. The highest BCUT2D eigenvalue weighted by Crippen LogP contribution is 2.52. The largest absolute Gasteiger partial charge is 0.493 e. The second-order valence-electron chi connectivity index (χ2n) is 22.9. The van der Waals surface area contributed by atoms with E-state index in [0.717, 1.165) is 101 Å². The summed E-state index contributed by atoms with van der Waals surface area (Å²) in [5, 5.41) is 15.0. The Bertz CT molecular complexity index is 4180. The summed E-state index contributed by atoms with van der Waals surface area (Å²) in [7, 11) is -4.73. The van der Waals surface area contributed by atoms with Crippen molar-refractivity contribution >= 4 is 95.3 Å². The maximum atomic E-state index is 7.59. The first-order valence-electron chi connectivity index (χ1n) is 32.0. The molecule has 2 aliphatic heterocycles. The molecule has 0 bridgehead atoms. The van der Waals surface area contributed by atoms with E-state index in [-0.39, 0.29) is 0 Å². The zero-order valence-electron chi connectivity index (χ0n) is 51.1. The smallest absolute Gasteiger partial charge is 0.128 e. The Morgan fingerprint density at radius 1 is 0.187 bits per heavy atom. The second-order valence-corrected chi connectivity index (χ2v) is 31.7. The van der Waals surface area contributed by atoms with Gasteiger partial charge >= 0.3 is 0 Å². The van der Waals surface area contributed by atoms with Gasteiger partial charge in [0.1, 0.15) is 23.0 Å². The molecular formula is C83H72O4P4. The van der Waals surface area contributed by atoms with Gasteiger partial charge in [0.25, 0.3) is 0 Å². The molecule has 12 aromatic rings. The van der Waals surface area contributed by atoms with E-state index in [4.69, 9.17) is 18.9 Å². The third kappa shape index (κ3) is 13.4. The van der Waals surface area contributed by atoms with Crippen LogP contribution in [0.4, 0.5) is 0 Å². The molecule has 0 unspecified atom stereocenters. The Labute approximate surface area is 542 Å². The maximum Gasteiger partial charge on any atom is 0.128 e. The molecule has 0 spiro atoms. The van der Waals surface area contributed by atoms with Gasteiger partial charge in [-0.25, -0.2) is 0 Å². The van der Waals surface area contributed by atoms with Crippen molar-refractivity contribution in [2.75, 3.05) is 26.4 Å². The third-order valence-electron chi connectivity index (χ3n) is 16.9. The van der Waals surface area contributed by atoms with Crippen LogP contribution in [0.25, 0.3) is 33.4 Å². The molecule has 2 aliphatic rings. The van der Waals surface area contributed by atoms with Gasteiger partial charge in [0.15, 0.2) is 0 Å². The fourth-order valence-electron chi connectivity index (χ4n) is 12.8. The van der Waals surface area contributed by atoms with Gasteiger partial charge in [0.05, 0.1) is 26.4 Å². The standard InChI is InChI=1S/C83H72O4P4/c1-2-29-56-86-74-58-62(60-78(90(68-42-20-7-21-43-68)69-44-22-8-23-45-69)82(74)80-72(84-54-28-1)50-32-52-76(80)88(64-34-12-3-13-35-64)65-36-14-4-15-37-65)63-59-75-83(79(61-63)91(70-46-24-9-25-47-70)71-48-26-10-27-49-71)81-73(85-55-30-11-31-57-87-75)51-33-53-77(81)89(66-38-16-5-17-39-66)67-40-18-6-19-41-67/h3-10,12-27,32-53,58-61H,1-2,11,28-31,54-57H2. The van der Waals surface area contributed by atoms with Crippen LogP contribution in [0, 0.1) is 0 Å². The first kappa shape index (κ1) is 60.1. The molecule has 4 nitrogen and oxygen atoms in total. The van der Waals surface area contributed by atoms with Crippen LogP contribution in [-0.4, -0.2) is 26.4 Å². The van der Waals surface area contributed by atoms with Crippen molar-refractivity contribution in [3.05, 3.63) is 303 Å². The van der Waals surface area contributed by atoms with Crippen molar-refractivity contribution in [3.8, 4) is 56.4 Å². The molecule has 12 aromatic carbocycles. The first-order valence-corrected chi connectivity index (χ1v) is 37.4. The molecular weight excluding hydrogens is 1180 g/mol. The molecule has 0 atom stereocenters. The first-order chi connectivity index (χ1) is 45.2. The highest BCUT2D eigenvalue weighted by molar-refractivity contribution is 7.81. The van der Waals surface area contributed by atoms with E-state index in [9.17, 15) is 0 Å². The molecule has 14 rings (SSSR count). The fraction of sp³-hybridized carbons (Fsp3) is 0.133. The van der Waals surface area contributed by atoms with Crippen molar-refractivity contribution in [3.63, 3.8) is 0 Å². The van der Waals surface area contributed by atoms with E-state index >= 15 is 0 Å². The van der Waals surface area contributed by atoms with Gasteiger partial charge < -0.3 is 18.9 Å². The van der Waals surface area contributed by atoms with E-state index in [2.05, 4.69) is 303 Å². The molecule has 91 heavy (non-hydrogen) atoms. The summed E-state index contributed by atoms with van der Waals surface area (Å²) in [6.45, 7) is 2.37. The Hall–Kier alpha value is -8.44. The van der Waals surface area contributed by atoms with Gasteiger partial charge in [-0.1, -0.05) is 267 Å². The van der Waals surface area contributed by atoms with Crippen molar-refractivity contribution in [2.24, 2.45) is 0 Å². The van der Waals surface area contributed by atoms with Crippen molar-refractivity contribution in [2.45, 2.75) is 44.9 Å². The normalized spacial score (nSPS) is 13.5. The Kier molecular flexibility index (Phi) is 19.3. The summed E-state index contributed by atoms with van der Waals surface area (Å²) < 4.78 is 29.6. The molecule has 448 valence electrons. The molecule has 0 fully saturated rings. The minimum atomic E-state index is -1.26. The van der Waals surface area contributed by atoms with Crippen LogP contribution in [0.5, 0.6) is 23.0 Å². The summed E-state index contributed by atoms with van der Waals surface area (Å²) in [6.07, 6.45) is 6.79. The van der Waals surface area contributed by atoms with Crippen LogP contribution in [0.15, 0.2) is 303 Å². The Morgan fingerprint density at radius 3 is 0.670 bits per heavy atom. The zero-order valence-corrected chi connectivity index (χ0v) is 54.6. The predicted molar refractivity (Wildman–Crippen MR) is 392 cm³/mol. The Morgan fingerprint density at radius 2 is 0.407 bits per heavy atom. The second kappa shape index (κ2) is 29.2. The monoisotopic (exact) mass is 1260 g/mol. The molecule has 0 saturated carbocycles.